The van der Waals surface area contributed by atoms with Crippen LogP contribution in [0.4, 0.5) is 0 Å². The zero-order valence-corrected chi connectivity index (χ0v) is 11.1. The number of carbonyl (C=O) groups is 1. The standard InChI is InChI=1S/C14H21N3O/c1-9-3-6-13(16(9)2)14(18)17-11-4-5-12(17)8-10(15)7-11/h3,6,10-12H,4-5,7-8,15H2,1-2H3. The van der Waals surface area contributed by atoms with E-state index >= 15 is 0 Å². The summed E-state index contributed by atoms with van der Waals surface area (Å²) in [5.74, 6) is 0.185. The van der Waals surface area contributed by atoms with E-state index in [2.05, 4.69) is 4.90 Å². The monoisotopic (exact) mass is 247 g/mol. The number of hydrogen-bond acceptors (Lipinski definition) is 2. The molecule has 1 aromatic heterocycles. The fourth-order valence-electron chi connectivity index (χ4n) is 3.51. The summed E-state index contributed by atoms with van der Waals surface area (Å²) in [5, 5.41) is 0. The average molecular weight is 247 g/mol. The Hall–Kier alpha value is -1.29. The van der Waals surface area contributed by atoms with Crippen molar-refractivity contribution < 1.29 is 4.79 Å². The average Bonchev–Trinajstić information content (AvgIpc) is 2.79. The van der Waals surface area contributed by atoms with Gasteiger partial charge in [0.1, 0.15) is 5.69 Å². The maximum atomic E-state index is 12.7. The van der Waals surface area contributed by atoms with Crippen LogP contribution in [0.5, 0.6) is 0 Å². The van der Waals surface area contributed by atoms with E-state index in [1.807, 2.05) is 30.7 Å². The Balaban J connectivity index is 1.88. The van der Waals surface area contributed by atoms with Crippen LogP contribution >= 0.6 is 0 Å². The first-order valence-electron chi connectivity index (χ1n) is 6.78. The third-order valence-electron chi connectivity index (χ3n) is 4.60. The normalized spacial score (nSPS) is 30.8. The fourth-order valence-corrected chi connectivity index (χ4v) is 3.51. The Morgan fingerprint density at radius 2 is 1.89 bits per heavy atom. The van der Waals surface area contributed by atoms with Gasteiger partial charge in [0.05, 0.1) is 0 Å². The molecule has 0 aliphatic carbocycles. The van der Waals surface area contributed by atoms with Crippen molar-refractivity contribution in [3.05, 3.63) is 23.5 Å². The minimum atomic E-state index is 0.185. The molecule has 98 valence electrons. The number of aryl methyl sites for hydroxylation is 1. The number of nitrogens with zero attached hydrogens (tertiary/aromatic N) is 2. The topological polar surface area (TPSA) is 51.3 Å². The molecular formula is C14H21N3O. The number of amides is 1. The lowest BCUT2D eigenvalue weighted by Crippen LogP contribution is -2.50. The summed E-state index contributed by atoms with van der Waals surface area (Å²) in [7, 11) is 1.96. The SMILES string of the molecule is Cc1ccc(C(=O)N2C3CCC2CC(N)C3)n1C. The molecule has 2 saturated heterocycles. The molecule has 0 saturated carbocycles. The fraction of sp³-hybridized carbons (Fsp3) is 0.643. The lowest BCUT2D eigenvalue weighted by molar-refractivity contribution is 0.0565. The Kier molecular flexibility index (Phi) is 2.70. The van der Waals surface area contributed by atoms with Gasteiger partial charge in [-0.3, -0.25) is 4.79 Å². The van der Waals surface area contributed by atoms with Gasteiger partial charge in [-0.2, -0.15) is 0 Å². The first-order valence-corrected chi connectivity index (χ1v) is 6.78. The molecule has 3 rings (SSSR count). The highest BCUT2D eigenvalue weighted by Gasteiger charge is 2.42. The van der Waals surface area contributed by atoms with E-state index in [-0.39, 0.29) is 11.9 Å². The Morgan fingerprint density at radius 3 is 2.39 bits per heavy atom. The van der Waals surface area contributed by atoms with Crippen LogP contribution in [0.25, 0.3) is 0 Å². The van der Waals surface area contributed by atoms with Crippen LogP contribution in [0.1, 0.15) is 41.9 Å². The molecule has 4 heteroatoms. The zero-order chi connectivity index (χ0) is 12.9. The van der Waals surface area contributed by atoms with Crippen molar-refractivity contribution in [3.63, 3.8) is 0 Å². The number of hydrogen-bond donors (Lipinski definition) is 1. The Morgan fingerprint density at radius 1 is 1.28 bits per heavy atom. The predicted molar refractivity (Wildman–Crippen MR) is 70.3 cm³/mol. The van der Waals surface area contributed by atoms with E-state index < -0.39 is 0 Å². The van der Waals surface area contributed by atoms with Crippen LogP contribution < -0.4 is 5.73 Å². The van der Waals surface area contributed by atoms with Crippen molar-refractivity contribution in [1.82, 2.24) is 9.47 Å². The predicted octanol–water partition coefficient (Wildman–Crippen LogP) is 1.43. The summed E-state index contributed by atoms with van der Waals surface area (Å²) in [5.41, 5.74) is 7.98. The summed E-state index contributed by atoms with van der Waals surface area (Å²) in [6, 6.07) is 4.95. The number of piperidine rings is 1. The molecule has 1 aromatic rings. The number of nitrogens with two attached hydrogens (primary N) is 1. The lowest BCUT2D eigenvalue weighted by Gasteiger charge is -2.37. The third-order valence-corrected chi connectivity index (χ3v) is 4.60. The highest BCUT2D eigenvalue weighted by Crippen LogP contribution is 2.36. The molecule has 0 spiro atoms. The molecule has 2 fully saturated rings. The van der Waals surface area contributed by atoms with Crippen molar-refractivity contribution in [3.8, 4) is 0 Å². The van der Waals surface area contributed by atoms with Crippen LogP contribution in [0, 0.1) is 6.92 Å². The molecule has 2 bridgehead atoms. The van der Waals surface area contributed by atoms with Crippen LogP contribution in [0.3, 0.4) is 0 Å². The van der Waals surface area contributed by atoms with Gasteiger partial charge in [-0.05, 0) is 44.7 Å². The minimum Gasteiger partial charge on any atom is -0.344 e. The van der Waals surface area contributed by atoms with Crippen molar-refractivity contribution in [1.29, 1.82) is 0 Å². The quantitative estimate of drug-likeness (QED) is 0.816. The summed E-state index contributed by atoms with van der Waals surface area (Å²) in [6.07, 6.45) is 4.16. The molecule has 2 atom stereocenters. The third kappa shape index (κ3) is 1.67. The molecule has 2 aliphatic rings. The zero-order valence-electron chi connectivity index (χ0n) is 11.1. The van der Waals surface area contributed by atoms with Crippen molar-refractivity contribution in [2.24, 2.45) is 12.8 Å². The molecule has 18 heavy (non-hydrogen) atoms. The lowest BCUT2D eigenvalue weighted by atomic mass is 9.98. The van der Waals surface area contributed by atoms with Crippen molar-refractivity contribution >= 4 is 5.91 Å². The van der Waals surface area contributed by atoms with Gasteiger partial charge in [0.2, 0.25) is 0 Å². The number of fused-ring (bicyclic) bond motifs is 2. The Bertz CT molecular complexity index is 465. The number of aromatic nitrogens is 1. The summed E-state index contributed by atoms with van der Waals surface area (Å²) in [6.45, 7) is 2.03. The van der Waals surface area contributed by atoms with Crippen LogP contribution in [0.2, 0.25) is 0 Å². The second-order valence-electron chi connectivity index (χ2n) is 5.75. The maximum Gasteiger partial charge on any atom is 0.270 e. The van der Waals surface area contributed by atoms with Crippen molar-refractivity contribution in [2.75, 3.05) is 0 Å². The highest BCUT2D eigenvalue weighted by molar-refractivity contribution is 5.93. The molecule has 3 heterocycles. The molecule has 2 aliphatic heterocycles. The van der Waals surface area contributed by atoms with Gasteiger partial charge in [-0.15, -0.1) is 0 Å². The van der Waals surface area contributed by atoms with Gasteiger partial charge in [-0.1, -0.05) is 0 Å². The molecule has 2 N–H and O–H groups in total. The minimum absolute atomic E-state index is 0.185. The second-order valence-corrected chi connectivity index (χ2v) is 5.75. The van der Waals surface area contributed by atoms with E-state index in [0.29, 0.717) is 12.1 Å². The van der Waals surface area contributed by atoms with E-state index in [0.717, 1.165) is 37.1 Å². The van der Waals surface area contributed by atoms with Crippen LogP contribution in [0.15, 0.2) is 12.1 Å². The first-order chi connectivity index (χ1) is 8.58. The van der Waals surface area contributed by atoms with E-state index in [1.165, 1.54) is 0 Å². The summed E-state index contributed by atoms with van der Waals surface area (Å²) < 4.78 is 1.98. The molecule has 0 aromatic carbocycles. The largest absolute Gasteiger partial charge is 0.344 e. The van der Waals surface area contributed by atoms with Crippen molar-refractivity contribution in [2.45, 2.75) is 50.7 Å². The Labute approximate surface area is 108 Å². The number of rotatable bonds is 1. The molecule has 1 amide bonds. The van der Waals surface area contributed by atoms with Gasteiger partial charge in [0.15, 0.2) is 0 Å². The number of carbonyl (C=O) groups excluding carboxylic acids is 1. The van der Waals surface area contributed by atoms with E-state index in [4.69, 9.17) is 5.73 Å². The summed E-state index contributed by atoms with van der Waals surface area (Å²) >= 11 is 0. The van der Waals surface area contributed by atoms with Gasteiger partial charge in [-0.25, -0.2) is 0 Å². The molecule has 2 unspecified atom stereocenters. The second kappa shape index (κ2) is 4.12. The summed E-state index contributed by atoms with van der Waals surface area (Å²) in [4.78, 5) is 14.8. The maximum absolute atomic E-state index is 12.7. The van der Waals surface area contributed by atoms with Gasteiger partial charge in [0.25, 0.3) is 5.91 Å². The van der Waals surface area contributed by atoms with Crippen LogP contribution in [-0.2, 0) is 7.05 Å². The van der Waals surface area contributed by atoms with E-state index in [9.17, 15) is 4.79 Å². The molecule has 0 radical (unpaired) electrons. The van der Waals surface area contributed by atoms with Crippen LogP contribution in [-0.4, -0.2) is 33.5 Å². The van der Waals surface area contributed by atoms with Gasteiger partial charge in [0, 0.05) is 30.9 Å². The smallest absolute Gasteiger partial charge is 0.270 e. The highest BCUT2D eigenvalue weighted by atomic mass is 16.2. The molecular weight excluding hydrogens is 226 g/mol. The molecule has 4 nitrogen and oxygen atoms in total. The van der Waals surface area contributed by atoms with Gasteiger partial charge >= 0.3 is 0 Å². The first kappa shape index (κ1) is 11.8. The van der Waals surface area contributed by atoms with Gasteiger partial charge < -0.3 is 15.2 Å². The van der Waals surface area contributed by atoms with E-state index in [1.54, 1.807) is 0 Å².